The molecule has 2 rings (SSSR count). The molecule has 3 heteroatoms. The Balaban J connectivity index is 2.44. The molecule has 1 fully saturated rings. The largest absolute Gasteiger partial charge is 0.371 e. The summed E-state index contributed by atoms with van der Waals surface area (Å²) in [5.41, 5.74) is 1.99. The minimum absolute atomic E-state index is 0.0709. The van der Waals surface area contributed by atoms with E-state index < -0.39 is 0 Å². The summed E-state index contributed by atoms with van der Waals surface area (Å²) in [6.45, 7) is 7.33. The second-order valence-electron chi connectivity index (χ2n) is 5.01. The third-order valence-electron chi connectivity index (χ3n) is 3.42. The molecule has 1 aliphatic heterocycles. The number of hydrogen-bond donors (Lipinski definition) is 0. The van der Waals surface area contributed by atoms with Crippen LogP contribution in [0.1, 0.15) is 36.2 Å². The van der Waals surface area contributed by atoms with Crippen molar-refractivity contribution >= 4 is 11.5 Å². The first-order valence-corrected chi connectivity index (χ1v) is 6.05. The van der Waals surface area contributed by atoms with Crippen LogP contribution in [0.25, 0.3) is 0 Å². The molecule has 1 unspecified atom stereocenters. The molecule has 0 aliphatic carbocycles. The minimum atomic E-state index is -0.300. The molecule has 0 spiro atoms. The Morgan fingerprint density at radius 1 is 1.47 bits per heavy atom. The highest BCUT2D eigenvalue weighted by atomic mass is 19.1. The smallest absolute Gasteiger partial charge is 0.161 e. The van der Waals surface area contributed by atoms with Gasteiger partial charge in [-0.3, -0.25) is 4.79 Å². The normalized spacial score (nSPS) is 19.8. The van der Waals surface area contributed by atoms with Crippen molar-refractivity contribution in [3.05, 3.63) is 29.1 Å². The van der Waals surface area contributed by atoms with Crippen LogP contribution in [0.5, 0.6) is 0 Å². The van der Waals surface area contributed by atoms with E-state index in [0.717, 1.165) is 25.2 Å². The Bertz CT molecular complexity index is 456. The lowest BCUT2D eigenvalue weighted by atomic mass is 10.0. The maximum Gasteiger partial charge on any atom is 0.161 e. The second kappa shape index (κ2) is 4.47. The molecule has 0 amide bonds. The highest BCUT2D eigenvalue weighted by Gasteiger charge is 2.23. The van der Waals surface area contributed by atoms with Gasteiger partial charge in [0.05, 0.1) is 0 Å². The number of hydrogen-bond acceptors (Lipinski definition) is 2. The van der Waals surface area contributed by atoms with Gasteiger partial charge >= 0.3 is 0 Å². The first kappa shape index (κ1) is 12.1. The molecule has 0 radical (unpaired) electrons. The van der Waals surface area contributed by atoms with Crippen molar-refractivity contribution in [2.45, 2.75) is 27.2 Å². The first-order valence-electron chi connectivity index (χ1n) is 6.05. The van der Waals surface area contributed by atoms with E-state index in [9.17, 15) is 9.18 Å². The van der Waals surface area contributed by atoms with Crippen molar-refractivity contribution in [3.8, 4) is 0 Å². The predicted molar refractivity (Wildman–Crippen MR) is 67.1 cm³/mol. The van der Waals surface area contributed by atoms with Gasteiger partial charge < -0.3 is 4.90 Å². The lowest BCUT2D eigenvalue weighted by molar-refractivity contribution is 0.101. The third-order valence-corrected chi connectivity index (χ3v) is 3.42. The van der Waals surface area contributed by atoms with Gasteiger partial charge in [-0.2, -0.15) is 0 Å². The van der Waals surface area contributed by atoms with Crippen LogP contribution in [0.3, 0.4) is 0 Å². The van der Waals surface area contributed by atoms with Gasteiger partial charge in [0.15, 0.2) is 5.78 Å². The van der Waals surface area contributed by atoms with Crippen LogP contribution in [0.15, 0.2) is 12.1 Å². The van der Waals surface area contributed by atoms with Crippen LogP contribution < -0.4 is 4.90 Å². The number of halogens is 1. The molecule has 1 saturated heterocycles. The van der Waals surface area contributed by atoms with Crippen molar-refractivity contribution in [1.82, 2.24) is 0 Å². The third kappa shape index (κ3) is 2.33. The molecule has 0 N–H and O–H groups in total. The molecule has 2 nitrogen and oxygen atoms in total. The highest BCUT2D eigenvalue weighted by molar-refractivity contribution is 6.00. The molecule has 0 bridgehead atoms. The number of nitrogens with zero attached hydrogens (tertiary/aromatic N) is 1. The zero-order chi connectivity index (χ0) is 12.6. The summed E-state index contributed by atoms with van der Waals surface area (Å²) in [4.78, 5) is 13.8. The number of carbonyl (C=O) groups excluding carboxylic acids is 1. The summed E-state index contributed by atoms with van der Waals surface area (Å²) in [5.74, 6) is 0.268. The van der Waals surface area contributed by atoms with E-state index in [2.05, 4.69) is 11.8 Å². The van der Waals surface area contributed by atoms with Crippen LogP contribution >= 0.6 is 0 Å². The lowest BCUT2D eigenvalue weighted by Crippen LogP contribution is -2.21. The lowest BCUT2D eigenvalue weighted by Gasteiger charge is -2.21. The fourth-order valence-electron chi connectivity index (χ4n) is 2.36. The Hall–Kier alpha value is -1.38. The molecule has 1 heterocycles. The number of carbonyl (C=O) groups is 1. The summed E-state index contributed by atoms with van der Waals surface area (Å²) in [6, 6.07) is 3.17. The quantitative estimate of drug-likeness (QED) is 0.734. The van der Waals surface area contributed by atoms with Crippen LogP contribution in [-0.4, -0.2) is 18.9 Å². The van der Waals surface area contributed by atoms with E-state index in [1.54, 1.807) is 13.0 Å². The number of Topliss-reactive ketones (excluding diaryl/α,β-unsaturated/α-hetero) is 1. The van der Waals surface area contributed by atoms with E-state index in [4.69, 9.17) is 0 Å². The highest BCUT2D eigenvalue weighted by Crippen LogP contribution is 2.29. The van der Waals surface area contributed by atoms with Crippen molar-refractivity contribution < 1.29 is 9.18 Å². The van der Waals surface area contributed by atoms with Gasteiger partial charge in [0.2, 0.25) is 0 Å². The van der Waals surface area contributed by atoms with Crippen LogP contribution in [0, 0.1) is 18.7 Å². The summed E-state index contributed by atoms with van der Waals surface area (Å²) in [6.07, 6.45) is 1.13. The number of rotatable bonds is 2. The zero-order valence-electron chi connectivity index (χ0n) is 10.6. The molecule has 92 valence electrons. The van der Waals surface area contributed by atoms with Crippen molar-refractivity contribution in [3.63, 3.8) is 0 Å². The summed E-state index contributed by atoms with van der Waals surface area (Å²) >= 11 is 0. The fraction of sp³-hybridized carbons (Fsp3) is 0.500. The molecule has 1 aromatic rings. The standard InChI is InChI=1S/C14H18FNO/c1-9-4-5-16(8-9)14-6-10(2)13(15)7-12(14)11(3)17/h6-7,9H,4-5,8H2,1-3H3. The maximum absolute atomic E-state index is 13.5. The Morgan fingerprint density at radius 3 is 2.71 bits per heavy atom. The molecule has 1 atom stereocenters. The van der Waals surface area contributed by atoms with E-state index in [0.29, 0.717) is 17.0 Å². The first-order chi connectivity index (χ1) is 7.99. The monoisotopic (exact) mass is 235 g/mol. The van der Waals surface area contributed by atoms with Crippen molar-refractivity contribution in [2.75, 3.05) is 18.0 Å². The van der Waals surface area contributed by atoms with Gasteiger partial charge in [0.25, 0.3) is 0 Å². The minimum Gasteiger partial charge on any atom is -0.371 e. The van der Waals surface area contributed by atoms with Crippen LogP contribution in [0.4, 0.5) is 10.1 Å². The number of benzene rings is 1. The molecule has 1 aromatic carbocycles. The molecular formula is C14H18FNO. The van der Waals surface area contributed by atoms with Gasteiger partial charge in [-0.1, -0.05) is 6.92 Å². The van der Waals surface area contributed by atoms with Gasteiger partial charge in [-0.05, 0) is 43.9 Å². The van der Waals surface area contributed by atoms with E-state index in [1.807, 2.05) is 0 Å². The molecule has 0 saturated carbocycles. The summed E-state index contributed by atoms with van der Waals surface area (Å²) < 4.78 is 13.5. The maximum atomic E-state index is 13.5. The molecule has 1 aliphatic rings. The van der Waals surface area contributed by atoms with E-state index in [-0.39, 0.29) is 11.6 Å². The second-order valence-corrected chi connectivity index (χ2v) is 5.01. The molecule has 17 heavy (non-hydrogen) atoms. The fourth-order valence-corrected chi connectivity index (χ4v) is 2.36. The number of anilines is 1. The van der Waals surface area contributed by atoms with Crippen molar-refractivity contribution in [2.24, 2.45) is 5.92 Å². The number of aryl methyl sites for hydroxylation is 1. The average Bonchev–Trinajstić information content (AvgIpc) is 2.68. The SMILES string of the molecule is CC(=O)c1cc(F)c(C)cc1N1CCC(C)C1. The van der Waals surface area contributed by atoms with E-state index in [1.165, 1.54) is 13.0 Å². The van der Waals surface area contributed by atoms with Gasteiger partial charge in [0, 0.05) is 24.3 Å². The summed E-state index contributed by atoms with van der Waals surface area (Å²) in [5, 5.41) is 0. The Morgan fingerprint density at radius 2 is 2.18 bits per heavy atom. The topological polar surface area (TPSA) is 20.3 Å². The van der Waals surface area contributed by atoms with E-state index >= 15 is 0 Å². The zero-order valence-corrected chi connectivity index (χ0v) is 10.6. The number of ketones is 1. The van der Waals surface area contributed by atoms with Crippen molar-refractivity contribution in [1.29, 1.82) is 0 Å². The van der Waals surface area contributed by atoms with Gasteiger partial charge in [-0.25, -0.2) is 4.39 Å². The van der Waals surface area contributed by atoms with Crippen LogP contribution in [-0.2, 0) is 0 Å². The van der Waals surface area contributed by atoms with Gasteiger partial charge in [0.1, 0.15) is 5.82 Å². The summed E-state index contributed by atoms with van der Waals surface area (Å²) in [7, 11) is 0. The average molecular weight is 235 g/mol. The Kier molecular flexibility index (Phi) is 3.18. The molecular weight excluding hydrogens is 217 g/mol. The van der Waals surface area contributed by atoms with Gasteiger partial charge in [-0.15, -0.1) is 0 Å². The Labute approximate surface area is 101 Å². The van der Waals surface area contributed by atoms with Crippen LogP contribution in [0.2, 0.25) is 0 Å². The predicted octanol–water partition coefficient (Wildman–Crippen LogP) is 3.18. The molecule has 0 aromatic heterocycles.